The highest BCUT2D eigenvalue weighted by atomic mass is 16.5. The van der Waals surface area contributed by atoms with Crippen LogP contribution in [0.15, 0.2) is 0 Å². The molecule has 1 atom stereocenters. The average Bonchev–Trinajstić information content (AvgIpc) is 1.90. The number of piperidine rings is 1. The van der Waals surface area contributed by atoms with E-state index in [1.807, 2.05) is 0 Å². The Kier molecular flexibility index (Phi) is 2.45. The fourth-order valence-electron chi connectivity index (χ4n) is 1.13. The Morgan fingerprint density at radius 3 is 2.56 bits per heavy atom. The van der Waals surface area contributed by atoms with Crippen molar-refractivity contribution in [2.45, 2.75) is 19.1 Å². The van der Waals surface area contributed by atoms with Gasteiger partial charge in [-0.05, 0) is 19.4 Å². The van der Waals surface area contributed by atoms with Crippen LogP contribution in [0.1, 0.15) is 12.8 Å². The van der Waals surface area contributed by atoms with Crippen LogP contribution in [0.3, 0.4) is 0 Å². The molecule has 0 radical (unpaired) electrons. The van der Waals surface area contributed by atoms with Crippen LogP contribution in [-0.2, 0) is 0 Å². The summed E-state index contributed by atoms with van der Waals surface area (Å²) in [7, 11) is 0. The lowest BCUT2D eigenvalue weighted by Gasteiger charge is -2.23. The smallest absolute Gasteiger partial charge is 0.155 e. The van der Waals surface area contributed by atoms with Crippen molar-refractivity contribution in [1.29, 1.82) is 0 Å². The Hall–Kier alpha value is -0.120. The molecule has 3 heteroatoms. The Balaban J connectivity index is 2.23. The van der Waals surface area contributed by atoms with Gasteiger partial charge in [-0.3, -0.25) is 0 Å². The second-order valence-electron chi connectivity index (χ2n) is 2.52. The highest BCUT2D eigenvalue weighted by Gasteiger charge is 2.18. The third-order valence-electron chi connectivity index (χ3n) is 1.76. The summed E-state index contributed by atoms with van der Waals surface area (Å²) >= 11 is 0. The minimum Gasteiger partial charge on any atom is -0.368 e. The molecule has 0 bridgehead atoms. The van der Waals surface area contributed by atoms with E-state index in [-0.39, 0.29) is 5.92 Å². The number of hydrogen-bond donors (Lipinski definition) is 3. The zero-order valence-electron chi connectivity index (χ0n) is 5.38. The summed E-state index contributed by atoms with van der Waals surface area (Å²) in [6, 6.07) is 0. The Morgan fingerprint density at radius 2 is 2.22 bits per heavy atom. The van der Waals surface area contributed by atoms with E-state index in [9.17, 15) is 0 Å². The summed E-state index contributed by atoms with van der Waals surface area (Å²) in [6.07, 6.45) is 0.866. The average molecular weight is 131 g/mol. The minimum absolute atomic E-state index is 0.0544. The van der Waals surface area contributed by atoms with Crippen molar-refractivity contribution in [2.24, 2.45) is 5.92 Å². The van der Waals surface area contributed by atoms with Gasteiger partial charge in [0.05, 0.1) is 0 Å². The lowest BCUT2D eigenvalue weighted by atomic mass is 9.99. The maximum atomic E-state index is 8.69. The highest BCUT2D eigenvalue weighted by Crippen LogP contribution is 2.11. The van der Waals surface area contributed by atoms with E-state index >= 15 is 0 Å². The molecule has 0 aliphatic carbocycles. The molecule has 3 nitrogen and oxygen atoms in total. The molecule has 1 fully saturated rings. The third kappa shape index (κ3) is 1.93. The molecular formula is C6H13NO2. The van der Waals surface area contributed by atoms with Gasteiger partial charge in [0.2, 0.25) is 0 Å². The second kappa shape index (κ2) is 3.15. The summed E-state index contributed by atoms with van der Waals surface area (Å²) in [5.41, 5.74) is 0. The van der Waals surface area contributed by atoms with Crippen LogP contribution in [0.25, 0.3) is 0 Å². The molecule has 0 aromatic heterocycles. The molecule has 1 rings (SSSR count). The summed E-state index contributed by atoms with van der Waals surface area (Å²) in [5.74, 6) is 0.0544. The van der Waals surface area contributed by atoms with Crippen molar-refractivity contribution in [3.05, 3.63) is 0 Å². The van der Waals surface area contributed by atoms with Gasteiger partial charge in [-0.1, -0.05) is 0 Å². The number of aliphatic hydroxyl groups is 2. The molecule has 0 unspecified atom stereocenters. The number of nitrogens with one attached hydrogen (secondary N) is 1. The normalized spacial score (nSPS) is 29.0. The molecule has 0 saturated carbocycles. The second-order valence-corrected chi connectivity index (χ2v) is 2.52. The number of rotatable bonds is 1. The van der Waals surface area contributed by atoms with Crippen molar-refractivity contribution in [3.63, 3.8) is 0 Å². The molecule has 0 spiro atoms. The van der Waals surface area contributed by atoms with E-state index in [0.29, 0.717) is 0 Å². The van der Waals surface area contributed by atoms with E-state index in [0.717, 1.165) is 25.9 Å². The van der Waals surface area contributed by atoms with Gasteiger partial charge in [0.1, 0.15) is 0 Å². The van der Waals surface area contributed by atoms with Gasteiger partial charge in [-0.2, -0.15) is 0 Å². The zero-order chi connectivity index (χ0) is 6.69. The summed E-state index contributed by atoms with van der Waals surface area (Å²) < 4.78 is 0. The largest absolute Gasteiger partial charge is 0.368 e. The van der Waals surface area contributed by atoms with Gasteiger partial charge >= 0.3 is 0 Å². The first-order valence-electron chi connectivity index (χ1n) is 3.37. The molecule has 1 heterocycles. The predicted octanol–water partition coefficient (Wildman–Crippen LogP) is -0.703. The van der Waals surface area contributed by atoms with E-state index < -0.39 is 6.29 Å². The van der Waals surface area contributed by atoms with E-state index in [1.165, 1.54) is 0 Å². The Labute approximate surface area is 54.7 Å². The number of aliphatic hydroxyl groups excluding tert-OH is 1. The zero-order valence-corrected chi connectivity index (χ0v) is 5.38. The third-order valence-corrected chi connectivity index (χ3v) is 1.76. The van der Waals surface area contributed by atoms with Crippen LogP contribution >= 0.6 is 0 Å². The van der Waals surface area contributed by atoms with Crippen molar-refractivity contribution < 1.29 is 10.2 Å². The molecular weight excluding hydrogens is 118 g/mol. The van der Waals surface area contributed by atoms with Gasteiger partial charge in [0.15, 0.2) is 6.29 Å². The maximum Gasteiger partial charge on any atom is 0.155 e. The molecule has 1 aliphatic rings. The Bertz CT molecular complexity index is 79.1. The van der Waals surface area contributed by atoms with Gasteiger partial charge in [-0.25, -0.2) is 0 Å². The van der Waals surface area contributed by atoms with E-state index in [2.05, 4.69) is 5.32 Å². The van der Waals surface area contributed by atoms with Crippen LogP contribution in [0, 0.1) is 5.92 Å². The molecule has 3 N–H and O–H groups in total. The van der Waals surface area contributed by atoms with Crippen LogP contribution in [0.4, 0.5) is 0 Å². The molecule has 0 amide bonds. The molecule has 1 aliphatic heterocycles. The first kappa shape index (κ1) is 6.99. The lowest BCUT2D eigenvalue weighted by molar-refractivity contribution is -0.0885. The van der Waals surface area contributed by atoms with Crippen LogP contribution < -0.4 is 5.32 Å². The van der Waals surface area contributed by atoms with Crippen LogP contribution in [-0.4, -0.2) is 29.6 Å². The molecule has 1 saturated heterocycles. The predicted molar refractivity (Wildman–Crippen MR) is 33.8 cm³/mol. The molecule has 0 aromatic rings. The molecule has 9 heavy (non-hydrogen) atoms. The SMILES string of the molecule is OC(O)[C@H]1CCCNC1. The van der Waals surface area contributed by atoms with Gasteiger partial charge in [0, 0.05) is 12.5 Å². The molecule has 0 aromatic carbocycles. The van der Waals surface area contributed by atoms with Crippen molar-refractivity contribution >= 4 is 0 Å². The summed E-state index contributed by atoms with van der Waals surface area (Å²) in [5, 5.41) is 20.5. The summed E-state index contributed by atoms with van der Waals surface area (Å²) in [4.78, 5) is 0. The quantitative estimate of drug-likeness (QED) is 0.412. The van der Waals surface area contributed by atoms with E-state index in [1.54, 1.807) is 0 Å². The van der Waals surface area contributed by atoms with Gasteiger partial charge in [-0.15, -0.1) is 0 Å². The van der Waals surface area contributed by atoms with E-state index in [4.69, 9.17) is 10.2 Å². The van der Waals surface area contributed by atoms with Gasteiger partial charge < -0.3 is 15.5 Å². The monoisotopic (exact) mass is 131 g/mol. The first-order chi connectivity index (χ1) is 4.30. The van der Waals surface area contributed by atoms with Crippen LogP contribution in [0.2, 0.25) is 0 Å². The van der Waals surface area contributed by atoms with Crippen molar-refractivity contribution in [3.8, 4) is 0 Å². The van der Waals surface area contributed by atoms with Crippen LogP contribution in [0.5, 0.6) is 0 Å². The highest BCUT2D eigenvalue weighted by molar-refractivity contribution is 4.69. The first-order valence-corrected chi connectivity index (χ1v) is 3.37. The Morgan fingerprint density at radius 1 is 1.44 bits per heavy atom. The fourth-order valence-corrected chi connectivity index (χ4v) is 1.13. The summed E-state index contributed by atoms with van der Waals surface area (Å²) in [6.45, 7) is 1.76. The van der Waals surface area contributed by atoms with Crippen molar-refractivity contribution in [1.82, 2.24) is 5.32 Å². The fraction of sp³-hybridized carbons (Fsp3) is 1.00. The minimum atomic E-state index is -1.13. The topological polar surface area (TPSA) is 52.5 Å². The molecule has 54 valence electrons. The number of hydrogen-bond acceptors (Lipinski definition) is 3. The standard InChI is InChI=1S/C6H13NO2/c8-6(9)5-2-1-3-7-4-5/h5-9H,1-4H2/t5-/m0/s1. The lowest BCUT2D eigenvalue weighted by Crippen LogP contribution is -2.36. The van der Waals surface area contributed by atoms with Crippen molar-refractivity contribution in [2.75, 3.05) is 13.1 Å². The van der Waals surface area contributed by atoms with Gasteiger partial charge in [0.25, 0.3) is 0 Å². The maximum absolute atomic E-state index is 8.69.